The third kappa shape index (κ3) is 3.59. The number of thiophene rings is 1. The zero-order chi connectivity index (χ0) is 14.5. The number of hydrogen-bond acceptors (Lipinski definition) is 4. The lowest BCUT2D eigenvalue weighted by molar-refractivity contribution is 0.0527. The van der Waals surface area contributed by atoms with Gasteiger partial charge in [0.1, 0.15) is 0 Å². The molecule has 1 fully saturated rings. The molecule has 2 rings (SSSR count). The SMILES string of the molecule is CCc1ccsc1C(=O)N1CCN(CC(O)CC)CC1. The van der Waals surface area contributed by atoms with Gasteiger partial charge in [0.25, 0.3) is 5.91 Å². The monoisotopic (exact) mass is 296 g/mol. The van der Waals surface area contributed by atoms with Gasteiger partial charge in [0, 0.05) is 32.7 Å². The molecule has 5 heteroatoms. The van der Waals surface area contributed by atoms with Crippen molar-refractivity contribution in [2.75, 3.05) is 32.7 Å². The molecular weight excluding hydrogens is 272 g/mol. The van der Waals surface area contributed by atoms with Crippen molar-refractivity contribution < 1.29 is 9.90 Å². The van der Waals surface area contributed by atoms with Crippen molar-refractivity contribution in [2.24, 2.45) is 0 Å². The third-order valence-electron chi connectivity index (χ3n) is 3.92. The molecule has 1 aliphatic heterocycles. The quantitative estimate of drug-likeness (QED) is 0.901. The highest BCUT2D eigenvalue weighted by atomic mass is 32.1. The van der Waals surface area contributed by atoms with Gasteiger partial charge in [0.2, 0.25) is 0 Å². The highest BCUT2D eigenvalue weighted by molar-refractivity contribution is 7.12. The lowest BCUT2D eigenvalue weighted by Crippen LogP contribution is -2.50. The number of nitrogens with zero attached hydrogens (tertiary/aromatic N) is 2. The molecule has 1 saturated heterocycles. The van der Waals surface area contributed by atoms with E-state index in [0.29, 0.717) is 0 Å². The maximum atomic E-state index is 12.5. The summed E-state index contributed by atoms with van der Waals surface area (Å²) < 4.78 is 0. The van der Waals surface area contributed by atoms with Crippen LogP contribution in [0, 0.1) is 0 Å². The maximum Gasteiger partial charge on any atom is 0.264 e. The number of β-amino-alcohol motifs (C(OH)–C–C–N with tert-alkyl or cyclic N) is 1. The molecule has 1 aliphatic rings. The Balaban J connectivity index is 1.89. The molecule has 1 aromatic rings. The van der Waals surface area contributed by atoms with E-state index in [1.165, 1.54) is 0 Å². The minimum absolute atomic E-state index is 0.174. The largest absolute Gasteiger partial charge is 0.392 e. The Morgan fingerprint density at radius 3 is 2.65 bits per heavy atom. The van der Waals surface area contributed by atoms with Gasteiger partial charge in [0.05, 0.1) is 11.0 Å². The topological polar surface area (TPSA) is 43.8 Å². The normalized spacial score (nSPS) is 18.2. The van der Waals surface area contributed by atoms with Gasteiger partial charge >= 0.3 is 0 Å². The number of carbonyl (C=O) groups is 1. The molecule has 0 radical (unpaired) electrons. The molecule has 20 heavy (non-hydrogen) atoms. The molecule has 0 bridgehead atoms. The van der Waals surface area contributed by atoms with Crippen LogP contribution in [0.2, 0.25) is 0 Å². The highest BCUT2D eigenvalue weighted by Gasteiger charge is 2.24. The summed E-state index contributed by atoms with van der Waals surface area (Å²) in [6.07, 6.45) is 1.45. The molecule has 1 unspecified atom stereocenters. The molecule has 112 valence electrons. The van der Waals surface area contributed by atoms with Gasteiger partial charge in [0.15, 0.2) is 0 Å². The smallest absolute Gasteiger partial charge is 0.264 e. The van der Waals surface area contributed by atoms with E-state index in [1.807, 2.05) is 23.3 Å². The summed E-state index contributed by atoms with van der Waals surface area (Å²) in [5, 5.41) is 11.7. The number of aliphatic hydroxyl groups excluding tert-OH is 1. The molecule has 0 spiro atoms. The maximum absolute atomic E-state index is 12.5. The Labute approximate surface area is 125 Å². The number of carbonyl (C=O) groups excluding carboxylic acids is 1. The molecule has 0 saturated carbocycles. The summed E-state index contributed by atoms with van der Waals surface area (Å²) >= 11 is 1.55. The Morgan fingerprint density at radius 2 is 2.05 bits per heavy atom. The first kappa shape index (κ1) is 15.5. The predicted octanol–water partition coefficient (Wildman–Crippen LogP) is 1.84. The van der Waals surface area contributed by atoms with Crippen LogP contribution in [-0.2, 0) is 6.42 Å². The van der Waals surface area contributed by atoms with Gasteiger partial charge < -0.3 is 10.0 Å². The number of aryl methyl sites for hydroxylation is 1. The Kier molecular flexibility index (Phi) is 5.57. The molecule has 2 heterocycles. The van der Waals surface area contributed by atoms with Crippen LogP contribution in [0.1, 0.15) is 35.5 Å². The Hall–Kier alpha value is -0.910. The first-order chi connectivity index (χ1) is 9.65. The van der Waals surface area contributed by atoms with Crippen LogP contribution in [0.5, 0.6) is 0 Å². The van der Waals surface area contributed by atoms with E-state index in [0.717, 1.165) is 56.0 Å². The lowest BCUT2D eigenvalue weighted by Gasteiger charge is -2.35. The Bertz CT molecular complexity index is 439. The van der Waals surface area contributed by atoms with Crippen LogP contribution in [0.4, 0.5) is 0 Å². The first-order valence-electron chi connectivity index (χ1n) is 7.41. The van der Waals surface area contributed by atoms with Crippen molar-refractivity contribution in [2.45, 2.75) is 32.8 Å². The van der Waals surface area contributed by atoms with Crippen molar-refractivity contribution >= 4 is 17.2 Å². The van der Waals surface area contributed by atoms with Crippen LogP contribution in [0.3, 0.4) is 0 Å². The average molecular weight is 296 g/mol. The molecule has 1 amide bonds. The number of hydrogen-bond donors (Lipinski definition) is 1. The highest BCUT2D eigenvalue weighted by Crippen LogP contribution is 2.20. The number of piperazine rings is 1. The fourth-order valence-electron chi connectivity index (χ4n) is 2.51. The van der Waals surface area contributed by atoms with E-state index in [-0.39, 0.29) is 12.0 Å². The van der Waals surface area contributed by atoms with Crippen molar-refractivity contribution in [3.8, 4) is 0 Å². The van der Waals surface area contributed by atoms with Crippen LogP contribution in [0.15, 0.2) is 11.4 Å². The summed E-state index contributed by atoms with van der Waals surface area (Å²) in [5.74, 6) is 0.174. The minimum Gasteiger partial charge on any atom is -0.392 e. The van der Waals surface area contributed by atoms with Crippen LogP contribution < -0.4 is 0 Å². The van der Waals surface area contributed by atoms with Gasteiger partial charge in [-0.25, -0.2) is 0 Å². The fraction of sp³-hybridized carbons (Fsp3) is 0.667. The van der Waals surface area contributed by atoms with Gasteiger partial charge in [-0.3, -0.25) is 9.69 Å². The summed E-state index contributed by atoms with van der Waals surface area (Å²) in [6.45, 7) is 8.03. The lowest BCUT2D eigenvalue weighted by atomic mass is 10.2. The predicted molar refractivity (Wildman–Crippen MR) is 82.3 cm³/mol. The van der Waals surface area contributed by atoms with Gasteiger partial charge in [-0.2, -0.15) is 0 Å². The second-order valence-electron chi connectivity index (χ2n) is 5.28. The first-order valence-corrected chi connectivity index (χ1v) is 8.29. The molecule has 1 aromatic heterocycles. The third-order valence-corrected chi connectivity index (χ3v) is 4.87. The molecule has 0 aliphatic carbocycles. The van der Waals surface area contributed by atoms with E-state index < -0.39 is 0 Å². The van der Waals surface area contributed by atoms with Crippen LogP contribution in [-0.4, -0.2) is 59.6 Å². The van der Waals surface area contributed by atoms with Crippen molar-refractivity contribution in [3.05, 3.63) is 21.9 Å². The molecule has 1 atom stereocenters. The van der Waals surface area contributed by atoms with E-state index >= 15 is 0 Å². The number of amides is 1. The summed E-state index contributed by atoms with van der Waals surface area (Å²) in [6, 6.07) is 2.05. The molecule has 0 aromatic carbocycles. The Morgan fingerprint density at radius 1 is 1.35 bits per heavy atom. The van der Waals surface area contributed by atoms with Crippen molar-refractivity contribution in [1.29, 1.82) is 0 Å². The molecule has 1 N–H and O–H groups in total. The van der Waals surface area contributed by atoms with Gasteiger partial charge in [-0.15, -0.1) is 11.3 Å². The van der Waals surface area contributed by atoms with Crippen molar-refractivity contribution in [3.63, 3.8) is 0 Å². The standard InChI is InChI=1S/C15H24N2O2S/c1-3-12-5-10-20-14(12)15(19)17-8-6-16(7-9-17)11-13(18)4-2/h5,10,13,18H,3-4,6-9,11H2,1-2H3. The fourth-order valence-corrected chi connectivity index (χ4v) is 3.47. The molecule has 4 nitrogen and oxygen atoms in total. The summed E-state index contributed by atoms with van der Waals surface area (Å²) in [5.41, 5.74) is 1.16. The van der Waals surface area contributed by atoms with E-state index in [9.17, 15) is 9.90 Å². The van der Waals surface area contributed by atoms with E-state index in [2.05, 4.69) is 11.8 Å². The van der Waals surface area contributed by atoms with Crippen LogP contribution >= 0.6 is 11.3 Å². The number of rotatable bonds is 5. The zero-order valence-corrected chi connectivity index (χ0v) is 13.2. The minimum atomic E-state index is -0.249. The summed E-state index contributed by atoms with van der Waals surface area (Å²) in [4.78, 5) is 17.6. The molecular formula is C15H24N2O2S. The van der Waals surface area contributed by atoms with Crippen LogP contribution in [0.25, 0.3) is 0 Å². The van der Waals surface area contributed by atoms with Gasteiger partial charge in [-0.05, 0) is 29.9 Å². The van der Waals surface area contributed by atoms with Gasteiger partial charge in [-0.1, -0.05) is 13.8 Å². The number of aliphatic hydroxyl groups is 1. The summed E-state index contributed by atoms with van der Waals surface area (Å²) in [7, 11) is 0. The van der Waals surface area contributed by atoms with E-state index in [1.54, 1.807) is 11.3 Å². The van der Waals surface area contributed by atoms with Crippen molar-refractivity contribution in [1.82, 2.24) is 9.80 Å². The average Bonchev–Trinajstić information content (AvgIpc) is 2.95. The second kappa shape index (κ2) is 7.20. The second-order valence-corrected chi connectivity index (χ2v) is 6.20. The zero-order valence-electron chi connectivity index (χ0n) is 12.3. The van der Waals surface area contributed by atoms with E-state index in [4.69, 9.17) is 0 Å².